The highest BCUT2D eigenvalue weighted by Gasteiger charge is 2.38. The molecule has 0 bridgehead atoms. The van der Waals surface area contributed by atoms with E-state index in [-0.39, 0.29) is 5.41 Å². The quantitative estimate of drug-likeness (QED) is 0.781. The normalized spacial score (nSPS) is 13.4. The molecule has 1 aromatic carbocycles. The standard InChI is InChI=1S/C18H25NS/c1-5-18(6-2,15-10-8-7-9-11-15)17(19-4)16-14(3)12-13-20-16/h7-13,17,19H,5-6H2,1-4H3. The predicted octanol–water partition coefficient (Wildman–Crippen LogP) is 5.08. The summed E-state index contributed by atoms with van der Waals surface area (Å²) in [4.78, 5) is 1.47. The summed E-state index contributed by atoms with van der Waals surface area (Å²) in [5.41, 5.74) is 3.00. The van der Waals surface area contributed by atoms with Crippen LogP contribution in [0.4, 0.5) is 0 Å². The molecule has 1 N–H and O–H groups in total. The van der Waals surface area contributed by atoms with Gasteiger partial charge >= 0.3 is 0 Å². The Morgan fingerprint density at radius 1 is 1.10 bits per heavy atom. The molecule has 2 heteroatoms. The molecule has 0 aliphatic rings. The van der Waals surface area contributed by atoms with Crippen molar-refractivity contribution in [1.82, 2.24) is 5.32 Å². The van der Waals surface area contributed by atoms with E-state index in [0.29, 0.717) is 6.04 Å². The average Bonchev–Trinajstić information content (AvgIpc) is 2.91. The van der Waals surface area contributed by atoms with Crippen LogP contribution in [0.15, 0.2) is 41.8 Å². The van der Waals surface area contributed by atoms with Crippen molar-refractivity contribution in [3.8, 4) is 0 Å². The van der Waals surface area contributed by atoms with Crippen LogP contribution in [-0.2, 0) is 5.41 Å². The van der Waals surface area contributed by atoms with Gasteiger partial charge in [0.05, 0.1) is 6.04 Å². The fourth-order valence-corrected chi connectivity index (χ4v) is 4.49. The molecular weight excluding hydrogens is 262 g/mol. The lowest BCUT2D eigenvalue weighted by atomic mass is 9.69. The molecular formula is C18H25NS. The lowest BCUT2D eigenvalue weighted by Gasteiger charge is -2.40. The molecule has 0 fully saturated rings. The SMILES string of the molecule is CCC(CC)(c1ccccc1)C(NC)c1sccc1C. The number of thiophene rings is 1. The highest BCUT2D eigenvalue weighted by molar-refractivity contribution is 7.10. The molecule has 2 aromatic rings. The van der Waals surface area contributed by atoms with E-state index in [1.807, 2.05) is 11.3 Å². The van der Waals surface area contributed by atoms with Gasteiger partial charge in [-0.1, -0.05) is 44.2 Å². The summed E-state index contributed by atoms with van der Waals surface area (Å²) in [6.07, 6.45) is 2.27. The third-order valence-corrected chi connectivity index (χ3v) is 5.70. The Hall–Kier alpha value is -1.12. The first kappa shape index (κ1) is 15.3. The molecule has 1 unspecified atom stereocenters. The van der Waals surface area contributed by atoms with E-state index in [2.05, 4.69) is 74.9 Å². The van der Waals surface area contributed by atoms with Crippen molar-refractivity contribution in [2.45, 2.75) is 45.1 Å². The van der Waals surface area contributed by atoms with Gasteiger partial charge in [0.2, 0.25) is 0 Å². The summed E-state index contributed by atoms with van der Waals surface area (Å²) >= 11 is 1.87. The zero-order valence-electron chi connectivity index (χ0n) is 12.9. The number of likely N-dealkylation sites (N-methyl/N-ethyl adjacent to an activating group) is 1. The fraction of sp³-hybridized carbons (Fsp3) is 0.444. The summed E-state index contributed by atoms with van der Waals surface area (Å²) < 4.78 is 0. The van der Waals surface area contributed by atoms with Gasteiger partial charge in [-0.3, -0.25) is 0 Å². The van der Waals surface area contributed by atoms with Crippen molar-refractivity contribution in [1.29, 1.82) is 0 Å². The van der Waals surface area contributed by atoms with Gasteiger partial charge in [0.1, 0.15) is 0 Å². The molecule has 0 radical (unpaired) electrons. The van der Waals surface area contributed by atoms with Crippen molar-refractivity contribution in [3.05, 3.63) is 57.8 Å². The number of rotatable bonds is 6. The maximum Gasteiger partial charge on any atom is 0.0513 e. The van der Waals surface area contributed by atoms with E-state index in [1.54, 1.807) is 0 Å². The van der Waals surface area contributed by atoms with Crippen LogP contribution in [0.25, 0.3) is 0 Å². The zero-order valence-corrected chi connectivity index (χ0v) is 13.8. The highest BCUT2D eigenvalue weighted by atomic mass is 32.1. The van der Waals surface area contributed by atoms with Gasteiger partial charge in [0, 0.05) is 10.3 Å². The second-order valence-electron chi connectivity index (χ2n) is 5.42. The van der Waals surface area contributed by atoms with E-state index in [4.69, 9.17) is 0 Å². The van der Waals surface area contributed by atoms with E-state index < -0.39 is 0 Å². The first-order valence-corrected chi connectivity index (χ1v) is 8.34. The molecule has 1 heterocycles. The Kier molecular flexibility index (Phi) is 5.00. The second kappa shape index (κ2) is 6.55. The Morgan fingerprint density at radius 2 is 1.75 bits per heavy atom. The average molecular weight is 287 g/mol. The molecule has 0 aliphatic carbocycles. The first-order chi connectivity index (χ1) is 9.69. The number of nitrogens with one attached hydrogen (secondary N) is 1. The molecule has 1 atom stereocenters. The molecule has 2 rings (SSSR count). The molecule has 20 heavy (non-hydrogen) atoms. The minimum absolute atomic E-state index is 0.158. The second-order valence-corrected chi connectivity index (χ2v) is 6.37. The molecule has 108 valence electrons. The lowest BCUT2D eigenvalue weighted by Crippen LogP contribution is -2.39. The number of hydrogen-bond acceptors (Lipinski definition) is 2. The zero-order chi connectivity index (χ0) is 14.6. The minimum atomic E-state index is 0.158. The third-order valence-electron chi connectivity index (χ3n) is 4.62. The predicted molar refractivity (Wildman–Crippen MR) is 89.6 cm³/mol. The first-order valence-electron chi connectivity index (χ1n) is 7.46. The topological polar surface area (TPSA) is 12.0 Å². The molecule has 0 saturated carbocycles. The smallest absolute Gasteiger partial charge is 0.0513 e. The van der Waals surface area contributed by atoms with Gasteiger partial charge in [0.25, 0.3) is 0 Å². The van der Waals surface area contributed by atoms with Crippen molar-refractivity contribution < 1.29 is 0 Å². The van der Waals surface area contributed by atoms with Gasteiger partial charge < -0.3 is 5.32 Å². The summed E-state index contributed by atoms with van der Waals surface area (Å²) in [5, 5.41) is 5.80. The summed E-state index contributed by atoms with van der Waals surface area (Å²) in [7, 11) is 2.09. The third kappa shape index (κ3) is 2.55. The Bertz CT molecular complexity index is 525. The van der Waals surface area contributed by atoms with E-state index >= 15 is 0 Å². The summed E-state index contributed by atoms with van der Waals surface area (Å²) in [5.74, 6) is 0. The van der Waals surface area contributed by atoms with E-state index in [9.17, 15) is 0 Å². The molecule has 1 nitrogen and oxygen atoms in total. The van der Waals surface area contributed by atoms with Crippen LogP contribution < -0.4 is 5.32 Å². The van der Waals surface area contributed by atoms with Crippen molar-refractivity contribution in [2.75, 3.05) is 7.05 Å². The molecule has 0 saturated heterocycles. The number of aryl methyl sites for hydroxylation is 1. The summed E-state index contributed by atoms with van der Waals surface area (Å²) in [6.45, 7) is 6.84. The van der Waals surface area contributed by atoms with Crippen molar-refractivity contribution in [2.24, 2.45) is 0 Å². The van der Waals surface area contributed by atoms with Crippen LogP contribution in [0.3, 0.4) is 0 Å². The van der Waals surface area contributed by atoms with Crippen LogP contribution in [0.5, 0.6) is 0 Å². The van der Waals surface area contributed by atoms with Gasteiger partial charge in [-0.25, -0.2) is 0 Å². The van der Waals surface area contributed by atoms with Gasteiger partial charge in [-0.15, -0.1) is 11.3 Å². The highest BCUT2D eigenvalue weighted by Crippen LogP contribution is 2.45. The van der Waals surface area contributed by atoms with Crippen molar-refractivity contribution in [3.63, 3.8) is 0 Å². The number of hydrogen-bond donors (Lipinski definition) is 1. The Morgan fingerprint density at radius 3 is 2.20 bits per heavy atom. The summed E-state index contributed by atoms with van der Waals surface area (Å²) in [6, 6.07) is 13.6. The van der Waals surface area contributed by atoms with Crippen LogP contribution in [0, 0.1) is 6.92 Å². The lowest BCUT2D eigenvalue weighted by molar-refractivity contribution is 0.290. The number of benzene rings is 1. The van der Waals surface area contributed by atoms with E-state index in [0.717, 1.165) is 12.8 Å². The van der Waals surface area contributed by atoms with E-state index in [1.165, 1.54) is 16.0 Å². The fourth-order valence-electron chi connectivity index (χ4n) is 3.34. The van der Waals surface area contributed by atoms with Gasteiger partial charge in [0.15, 0.2) is 0 Å². The molecule has 0 amide bonds. The maximum atomic E-state index is 3.60. The molecule has 0 aliphatic heterocycles. The molecule has 1 aromatic heterocycles. The van der Waals surface area contributed by atoms with Gasteiger partial charge in [-0.05, 0) is 49.4 Å². The minimum Gasteiger partial charge on any atom is -0.312 e. The van der Waals surface area contributed by atoms with Crippen LogP contribution in [-0.4, -0.2) is 7.05 Å². The largest absolute Gasteiger partial charge is 0.312 e. The van der Waals surface area contributed by atoms with Crippen molar-refractivity contribution >= 4 is 11.3 Å². The van der Waals surface area contributed by atoms with Crippen LogP contribution >= 0.6 is 11.3 Å². The van der Waals surface area contributed by atoms with Gasteiger partial charge in [-0.2, -0.15) is 0 Å². The Balaban J connectivity index is 2.54. The Labute approximate surface area is 127 Å². The maximum absolute atomic E-state index is 3.60. The molecule has 0 spiro atoms. The van der Waals surface area contributed by atoms with Crippen LogP contribution in [0.2, 0.25) is 0 Å². The monoisotopic (exact) mass is 287 g/mol. The van der Waals surface area contributed by atoms with Crippen LogP contribution in [0.1, 0.15) is 48.7 Å².